The molecule has 1 aromatic carbocycles. The molecule has 0 N–H and O–H groups in total. The minimum absolute atomic E-state index is 0.139. The maximum Gasteiger partial charge on any atom is 0.333 e. The molecule has 5 rings (SSSR count). The summed E-state index contributed by atoms with van der Waals surface area (Å²) in [7, 11) is 3.41. The summed E-state index contributed by atoms with van der Waals surface area (Å²) in [5, 5.41) is 5.51. The molecule has 0 saturated carbocycles. The number of pyridine rings is 2. The normalized spacial score (nSPS) is 11.8. The zero-order chi connectivity index (χ0) is 25.6. The minimum Gasteiger partial charge on any atom is -0.492 e. The Morgan fingerprint density at radius 1 is 1.08 bits per heavy atom. The molecule has 4 heterocycles. The van der Waals surface area contributed by atoms with E-state index in [1.54, 1.807) is 29.5 Å². The van der Waals surface area contributed by atoms with Gasteiger partial charge in [0.05, 0.1) is 47.3 Å². The molecule has 0 amide bonds. The largest absolute Gasteiger partial charge is 0.492 e. The quantitative estimate of drug-likeness (QED) is 0.335. The van der Waals surface area contributed by atoms with Gasteiger partial charge >= 0.3 is 5.69 Å². The van der Waals surface area contributed by atoms with Gasteiger partial charge in [-0.05, 0) is 51.5 Å². The Morgan fingerprint density at radius 2 is 1.89 bits per heavy atom. The third-order valence-electron chi connectivity index (χ3n) is 6.39. The summed E-state index contributed by atoms with van der Waals surface area (Å²) in [5.74, 6) is 0.696. The second-order valence-electron chi connectivity index (χ2n) is 9.11. The molecule has 186 valence electrons. The molecule has 5 aromatic rings. The van der Waals surface area contributed by atoms with Crippen LogP contribution in [-0.4, -0.2) is 42.6 Å². The Hall–Kier alpha value is -3.98. The number of nitrogens with zero attached hydrogens (tertiary/aromatic N) is 6. The van der Waals surface area contributed by atoms with E-state index in [1.807, 2.05) is 49.1 Å². The van der Waals surface area contributed by atoms with E-state index in [0.717, 1.165) is 50.1 Å². The first-order chi connectivity index (χ1) is 17.3. The molecule has 0 aliphatic carbocycles. The van der Waals surface area contributed by atoms with Gasteiger partial charge in [-0.15, -0.1) is 0 Å². The van der Waals surface area contributed by atoms with Crippen molar-refractivity contribution >= 4 is 21.9 Å². The molecule has 0 fully saturated rings. The van der Waals surface area contributed by atoms with E-state index in [2.05, 4.69) is 35.0 Å². The highest BCUT2D eigenvalue weighted by atomic mass is 16.5. The lowest BCUT2D eigenvalue weighted by Gasteiger charge is -2.12. The van der Waals surface area contributed by atoms with Crippen molar-refractivity contribution in [3.05, 3.63) is 64.7 Å². The van der Waals surface area contributed by atoms with Crippen LogP contribution in [0.25, 0.3) is 38.8 Å². The number of aromatic nitrogens is 6. The van der Waals surface area contributed by atoms with Crippen molar-refractivity contribution in [3.63, 3.8) is 0 Å². The zero-order valence-corrected chi connectivity index (χ0v) is 21.4. The van der Waals surface area contributed by atoms with Gasteiger partial charge in [-0.25, -0.2) is 4.79 Å². The van der Waals surface area contributed by atoms with Crippen molar-refractivity contribution in [2.45, 2.75) is 40.3 Å². The fraction of sp³-hybridized carbons (Fsp3) is 0.333. The third kappa shape index (κ3) is 3.85. The van der Waals surface area contributed by atoms with E-state index in [-0.39, 0.29) is 11.7 Å². The van der Waals surface area contributed by atoms with Crippen LogP contribution in [0.3, 0.4) is 0 Å². The summed E-state index contributed by atoms with van der Waals surface area (Å²) in [6.07, 6.45) is 5.51. The van der Waals surface area contributed by atoms with E-state index in [4.69, 9.17) is 9.47 Å². The topological polar surface area (TPSA) is 89.0 Å². The highest BCUT2D eigenvalue weighted by molar-refractivity contribution is 6.04. The minimum atomic E-state index is -0.139. The zero-order valence-electron chi connectivity index (χ0n) is 21.4. The molecule has 0 radical (unpaired) electrons. The molecule has 0 saturated heterocycles. The lowest BCUT2D eigenvalue weighted by Crippen LogP contribution is -2.21. The lowest BCUT2D eigenvalue weighted by molar-refractivity contribution is 0.176. The highest BCUT2D eigenvalue weighted by Crippen LogP contribution is 2.32. The van der Waals surface area contributed by atoms with E-state index in [9.17, 15) is 4.79 Å². The molecule has 0 spiro atoms. The number of benzene rings is 1. The average Bonchev–Trinajstić information content (AvgIpc) is 3.37. The Balaban J connectivity index is 1.76. The molecule has 0 aliphatic heterocycles. The average molecular weight is 487 g/mol. The number of hydrogen-bond acceptors (Lipinski definition) is 6. The van der Waals surface area contributed by atoms with Crippen molar-refractivity contribution in [1.29, 1.82) is 0 Å². The smallest absolute Gasteiger partial charge is 0.333 e. The number of imidazole rings is 1. The predicted octanol–water partition coefficient (Wildman–Crippen LogP) is 4.57. The second kappa shape index (κ2) is 9.23. The van der Waals surface area contributed by atoms with Crippen LogP contribution in [0.5, 0.6) is 5.75 Å². The molecule has 4 aromatic heterocycles. The van der Waals surface area contributed by atoms with Crippen molar-refractivity contribution in [2.24, 2.45) is 7.05 Å². The van der Waals surface area contributed by atoms with Gasteiger partial charge in [0, 0.05) is 43.5 Å². The fourth-order valence-electron chi connectivity index (χ4n) is 4.51. The Bertz CT molecular complexity index is 1640. The van der Waals surface area contributed by atoms with Crippen molar-refractivity contribution in [1.82, 2.24) is 28.9 Å². The number of methoxy groups -OCH3 is 1. The molecular formula is C27H30N6O3. The Labute approximate surface area is 208 Å². The van der Waals surface area contributed by atoms with Crippen molar-refractivity contribution < 1.29 is 9.47 Å². The van der Waals surface area contributed by atoms with Crippen molar-refractivity contribution in [3.8, 4) is 22.6 Å². The van der Waals surface area contributed by atoms with Crippen LogP contribution in [-0.2, 0) is 18.4 Å². The summed E-state index contributed by atoms with van der Waals surface area (Å²) in [6, 6.07) is 8.21. The van der Waals surface area contributed by atoms with Crippen LogP contribution < -0.4 is 10.4 Å². The van der Waals surface area contributed by atoms with Crippen LogP contribution in [0.1, 0.15) is 38.2 Å². The summed E-state index contributed by atoms with van der Waals surface area (Å²) >= 11 is 0. The number of aryl methyl sites for hydroxylation is 2. The van der Waals surface area contributed by atoms with Gasteiger partial charge in [0.2, 0.25) is 0 Å². The summed E-state index contributed by atoms with van der Waals surface area (Å²) in [5.41, 5.74) is 6.38. The second-order valence-corrected chi connectivity index (χ2v) is 9.11. The number of fused-ring (bicyclic) bond motifs is 3. The van der Waals surface area contributed by atoms with Gasteiger partial charge in [0.25, 0.3) is 0 Å². The Morgan fingerprint density at radius 3 is 2.58 bits per heavy atom. The molecule has 0 atom stereocenters. The van der Waals surface area contributed by atoms with E-state index >= 15 is 0 Å². The Kier molecular flexibility index (Phi) is 6.09. The fourth-order valence-corrected chi connectivity index (χ4v) is 4.51. The van der Waals surface area contributed by atoms with Crippen LogP contribution in [0.4, 0.5) is 0 Å². The van der Waals surface area contributed by atoms with Gasteiger partial charge in [-0.2, -0.15) is 5.10 Å². The van der Waals surface area contributed by atoms with Gasteiger partial charge in [0.1, 0.15) is 11.4 Å². The predicted molar refractivity (Wildman–Crippen MR) is 140 cm³/mol. The van der Waals surface area contributed by atoms with Gasteiger partial charge in [-0.3, -0.25) is 23.8 Å². The number of hydrogen-bond donors (Lipinski definition) is 0. The summed E-state index contributed by atoms with van der Waals surface area (Å²) < 4.78 is 16.4. The highest BCUT2D eigenvalue weighted by Gasteiger charge is 2.20. The first-order valence-electron chi connectivity index (χ1n) is 12.0. The van der Waals surface area contributed by atoms with Gasteiger partial charge < -0.3 is 9.47 Å². The molecule has 0 bridgehead atoms. The first kappa shape index (κ1) is 23.7. The number of rotatable bonds is 7. The maximum absolute atomic E-state index is 13.5. The molecular weight excluding hydrogens is 456 g/mol. The standard InChI is InChI=1S/C27H30N6O3/c1-7-36-25-11-19(12-28-22(25)15-35-6)18-8-9-21-20(10-18)26-23(13-29-21)31(5)27(34)33(26)24-14-32(16(2)3)30-17(24)4/h8-14,16H,7,15H2,1-6H3. The molecule has 0 unspecified atom stereocenters. The molecule has 36 heavy (non-hydrogen) atoms. The third-order valence-corrected chi connectivity index (χ3v) is 6.39. The lowest BCUT2D eigenvalue weighted by atomic mass is 10.0. The molecule has 9 nitrogen and oxygen atoms in total. The van der Waals surface area contributed by atoms with Crippen LogP contribution in [0.15, 0.2) is 47.7 Å². The SMILES string of the molecule is CCOc1cc(-c2ccc3ncc4c(c3c2)n(-c2cn(C(C)C)nc2C)c(=O)n4C)cnc1COC. The van der Waals surface area contributed by atoms with Crippen LogP contribution >= 0.6 is 0 Å². The van der Waals surface area contributed by atoms with Gasteiger partial charge in [-0.1, -0.05) is 6.07 Å². The van der Waals surface area contributed by atoms with E-state index < -0.39 is 0 Å². The summed E-state index contributed by atoms with van der Waals surface area (Å²) in [4.78, 5) is 22.7. The maximum atomic E-state index is 13.5. The summed E-state index contributed by atoms with van der Waals surface area (Å²) in [6.45, 7) is 8.91. The first-order valence-corrected chi connectivity index (χ1v) is 12.0. The molecule has 0 aliphatic rings. The van der Waals surface area contributed by atoms with Crippen LogP contribution in [0.2, 0.25) is 0 Å². The van der Waals surface area contributed by atoms with E-state index in [1.165, 1.54) is 0 Å². The van der Waals surface area contributed by atoms with Crippen molar-refractivity contribution in [2.75, 3.05) is 13.7 Å². The van der Waals surface area contributed by atoms with Gasteiger partial charge in [0.15, 0.2) is 0 Å². The monoisotopic (exact) mass is 486 g/mol. The number of ether oxygens (including phenoxy) is 2. The van der Waals surface area contributed by atoms with Crippen LogP contribution in [0, 0.1) is 6.92 Å². The van der Waals surface area contributed by atoms with E-state index in [0.29, 0.717) is 19.0 Å². The molecule has 9 heteroatoms.